The fourth-order valence-electron chi connectivity index (χ4n) is 3.13. The molecule has 0 saturated carbocycles. The molecule has 1 aliphatic heterocycles. The third-order valence-electron chi connectivity index (χ3n) is 4.40. The molecule has 25 heavy (non-hydrogen) atoms. The summed E-state index contributed by atoms with van der Waals surface area (Å²) in [5.74, 6) is 0.791. The van der Waals surface area contributed by atoms with E-state index < -0.39 is 0 Å². The summed E-state index contributed by atoms with van der Waals surface area (Å²) in [6.07, 6.45) is 1.92. The number of nitrogens with zero attached hydrogens (tertiary/aromatic N) is 2. The molecule has 0 fully saturated rings. The van der Waals surface area contributed by atoms with Gasteiger partial charge in [-0.1, -0.05) is 47.5 Å². The van der Waals surface area contributed by atoms with Crippen LogP contribution < -0.4 is 10.5 Å². The summed E-state index contributed by atoms with van der Waals surface area (Å²) in [5.41, 5.74) is 7.83. The van der Waals surface area contributed by atoms with Crippen LogP contribution in [0.15, 0.2) is 48.5 Å². The third kappa shape index (κ3) is 3.01. The number of aromatic nitrogens is 2. The molecule has 0 saturated heterocycles. The van der Waals surface area contributed by atoms with Crippen molar-refractivity contribution in [3.63, 3.8) is 0 Å². The van der Waals surface area contributed by atoms with Gasteiger partial charge in [-0.05, 0) is 30.7 Å². The molecule has 4 nitrogen and oxygen atoms in total. The van der Waals surface area contributed by atoms with Crippen LogP contribution in [0.25, 0.3) is 16.9 Å². The molecule has 2 aromatic carbocycles. The zero-order valence-electron chi connectivity index (χ0n) is 13.6. The standard InChI is InChI=1S/C19H17Cl2N3O/c20-13-9-7-12(8-10-13)18-19-17(15(22)5-3-11-25-19)23-24(18)16-6-2-1-4-14(16)21/h1-2,4,6-10,15H,3,5,11,22H2/p+1. The largest absolute Gasteiger partial charge is 0.489 e. The highest BCUT2D eigenvalue weighted by Crippen LogP contribution is 2.40. The quantitative estimate of drug-likeness (QED) is 0.726. The minimum atomic E-state index is 0.0901. The van der Waals surface area contributed by atoms with Crippen LogP contribution in [0.2, 0.25) is 10.0 Å². The van der Waals surface area contributed by atoms with Crippen LogP contribution in [0.3, 0.4) is 0 Å². The number of benzene rings is 2. The second-order valence-corrected chi connectivity index (χ2v) is 6.96. The van der Waals surface area contributed by atoms with Gasteiger partial charge in [0.25, 0.3) is 0 Å². The Kier molecular flexibility index (Phi) is 4.42. The first-order chi connectivity index (χ1) is 12.1. The molecule has 0 spiro atoms. The first-order valence-electron chi connectivity index (χ1n) is 8.25. The van der Waals surface area contributed by atoms with Crippen molar-refractivity contribution in [1.29, 1.82) is 0 Å². The average Bonchev–Trinajstić information content (AvgIpc) is 2.89. The SMILES string of the molecule is [NH3+]C1CCCOc2c1nn(-c1ccccc1Cl)c2-c1ccc(Cl)cc1. The summed E-state index contributed by atoms with van der Waals surface area (Å²) >= 11 is 12.5. The molecule has 3 aromatic rings. The highest BCUT2D eigenvalue weighted by Gasteiger charge is 2.30. The van der Waals surface area contributed by atoms with Gasteiger partial charge < -0.3 is 10.5 Å². The highest BCUT2D eigenvalue weighted by atomic mass is 35.5. The Bertz CT molecular complexity index is 906. The monoisotopic (exact) mass is 374 g/mol. The van der Waals surface area contributed by atoms with Gasteiger partial charge in [0.2, 0.25) is 0 Å². The van der Waals surface area contributed by atoms with E-state index in [1.165, 1.54) is 0 Å². The Morgan fingerprint density at radius 1 is 1.08 bits per heavy atom. The highest BCUT2D eigenvalue weighted by molar-refractivity contribution is 6.32. The van der Waals surface area contributed by atoms with E-state index in [4.69, 9.17) is 33.0 Å². The lowest BCUT2D eigenvalue weighted by Crippen LogP contribution is -2.53. The first kappa shape index (κ1) is 16.5. The zero-order valence-corrected chi connectivity index (χ0v) is 15.1. The van der Waals surface area contributed by atoms with Gasteiger partial charge in [0.05, 0.1) is 17.3 Å². The maximum absolute atomic E-state index is 6.44. The molecule has 1 atom stereocenters. The van der Waals surface area contributed by atoms with Crippen LogP contribution in [0.5, 0.6) is 5.75 Å². The number of hydrogen-bond acceptors (Lipinski definition) is 2. The molecule has 0 radical (unpaired) electrons. The van der Waals surface area contributed by atoms with Gasteiger partial charge in [0.15, 0.2) is 11.4 Å². The van der Waals surface area contributed by atoms with Gasteiger partial charge in [-0.25, -0.2) is 4.68 Å². The minimum Gasteiger partial charge on any atom is -0.489 e. The molecule has 1 unspecified atom stereocenters. The van der Waals surface area contributed by atoms with Crippen molar-refractivity contribution < 1.29 is 10.5 Å². The van der Waals surface area contributed by atoms with Crippen molar-refractivity contribution in [2.45, 2.75) is 18.9 Å². The molecule has 1 aromatic heterocycles. The van der Waals surface area contributed by atoms with Crippen LogP contribution in [0, 0.1) is 0 Å². The second kappa shape index (κ2) is 6.71. The van der Waals surface area contributed by atoms with E-state index >= 15 is 0 Å². The van der Waals surface area contributed by atoms with Gasteiger partial charge in [-0.3, -0.25) is 0 Å². The predicted octanol–water partition coefficient (Wildman–Crippen LogP) is 4.30. The Morgan fingerprint density at radius 3 is 2.60 bits per heavy atom. The van der Waals surface area contributed by atoms with E-state index in [2.05, 4.69) is 5.73 Å². The molecule has 3 N–H and O–H groups in total. The van der Waals surface area contributed by atoms with E-state index in [-0.39, 0.29) is 6.04 Å². The van der Waals surface area contributed by atoms with Crippen molar-refractivity contribution in [2.75, 3.05) is 6.61 Å². The normalized spacial score (nSPS) is 16.8. The van der Waals surface area contributed by atoms with E-state index in [9.17, 15) is 0 Å². The smallest absolute Gasteiger partial charge is 0.174 e. The Labute approximate surface area is 156 Å². The molecular weight excluding hydrogens is 357 g/mol. The van der Waals surface area contributed by atoms with Crippen LogP contribution >= 0.6 is 23.2 Å². The Balaban J connectivity index is 1.99. The number of halogens is 2. The van der Waals surface area contributed by atoms with E-state index in [0.29, 0.717) is 16.7 Å². The topological polar surface area (TPSA) is 54.7 Å². The van der Waals surface area contributed by atoms with Crippen molar-refractivity contribution in [3.05, 3.63) is 64.3 Å². The fraction of sp³-hybridized carbons (Fsp3) is 0.211. The summed E-state index contributed by atoms with van der Waals surface area (Å²) < 4.78 is 7.94. The van der Waals surface area contributed by atoms with Gasteiger partial charge >= 0.3 is 0 Å². The van der Waals surface area contributed by atoms with Crippen LogP contribution in [-0.2, 0) is 0 Å². The van der Waals surface area contributed by atoms with Crippen LogP contribution in [0.4, 0.5) is 0 Å². The number of quaternary nitrogens is 1. The van der Waals surface area contributed by atoms with Crippen molar-refractivity contribution in [1.82, 2.24) is 9.78 Å². The Morgan fingerprint density at radius 2 is 1.84 bits per heavy atom. The van der Waals surface area contributed by atoms with Crippen molar-refractivity contribution >= 4 is 23.2 Å². The molecule has 4 rings (SSSR count). The predicted molar refractivity (Wildman–Crippen MR) is 99.4 cm³/mol. The Hall–Kier alpha value is -2.01. The number of para-hydroxylation sites is 1. The van der Waals surface area contributed by atoms with Crippen LogP contribution in [-0.4, -0.2) is 16.4 Å². The summed E-state index contributed by atoms with van der Waals surface area (Å²) in [6, 6.07) is 15.4. The molecule has 0 amide bonds. The van der Waals surface area contributed by atoms with E-state index in [0.717, 1.165) is 41.2 Å². The molecule has 128 valence electrons. The first-order valence-corrected chi connectivity index (χ1v) is 9.00. The lowest BCUT2D eigenvalue weighted by atomic mass is 10.1. The molecular formula is C19H18Cl2N3O+. The maximum Gasteiger partial charge on any atom is 0.174 e. The van der Waals surface area contributed by atoms with Gasteiger partial charge in [0, 0.05) is 17.0 Å². The molecule has 0 aliphatic carbocycles. The van der Waals surface area contributed by atoms with Crippen molar-refractivity contribution in [2.24, 2.45) is 0 Å². The molecule has 2 heterocycles. The van der Waals surface area contributed by atoms with Gasteiger partial charge in [-0.15, -0.1) is 0 Å². The van der Waals surface area contributed by atoms with E-state index in [1.807, 2.05) is 53.2 Å². The second-order valence-electron chi connectivity index (χ2n) is 6.12. The lowest BCUT2D eigenvalue weighted by Gasteiger charge is -2.11. The molecule has 6 heteroatoms. The summed E-state index contributed by atoms with van der Waals surface area (Å²) in [4.78, 5) is 0. The zero-order chi connectivity index (χ0) is 17.4. The summed E-state index contributed by atoms with van der Waals surface area (Å²) in [6.45, 7) is 0.661. The molecule has 1 aliphatic rings. The van der Waals surface area contributed by atoms with Gasteiger partial charge in [-0.2, -0.15) is 5.10 Å². The van der Waals surface area contributed by atoms with Crippen molar-refractivity contribution in [3.8, 4) is 22.7 Å². The van der Waals surface area contributed by atoms with Crippen LogP contribution in [0.1, 0.15) is 24.6 Å². The summed E-state index contributed by atoms with van der Waals surface area (Å²) in [7, 11) is 0. The number of rotatable bonds is 2. The lowest BCUT2D eigenvalue weighted by molar-refractivity contribution is -0.428. The van der Waals surface area contributed by atoms with Gasteiger partial charge in [0.1, 0.15) is 11.7 Å². The fourth-order valence-corrected chi connectivity index (χ4v) is 3.47. The summed E-state index contributed by atoms with van der Waals surface area (Å²) in [5, 5.41) is 6.16. The number of hydrogen-bond donors (Lipinski definition) is 1. The maximum atomic E-state index is 6.44. The van der Waals surface area contributed by atoms with E-state index in [1.54, 1.807) is 0 Å². The molecule has 0 bridgehead atoms. The number of fused-ring (bicyclic) bond motifs is 1. The third-order valence-corrected chi connectivity index (χ3v) is 4.97. The average molecular weight is 375 g/mol. The minimum absolute atomic E-state index is 0.0901. The number of ether oxygens (including phenoxy) is 1.